The maximum Gasteiger partial charge on any atom is 0.249 e. The largest absolute Gasteiger partial charge is 0.504 e. The molecular formula is C31H31N5O8. The Morgan fingerprint density at radius 3 is 2.68 bits per heavy atom. The first-order valence-electron chi connectivity index (χ1n) is 14.1. The zero-order valence-electron chi connectivity index (χ0n) is 24.2. The van der Waals surface area contributed by atoms with E-state index in [9.17, 15) is 19.5 Å². The average Bonchev–Trinajstić information content (AvgIpc) is 3.80. The third-order valence-corrected chi connectivity index (χ3v) is 7.66. The van der Waals surface area contributed by atoms with E-state index in [4.69, 9.17) is 18.9 Å². The van der Waals surface area contributed by atoms with Gasteiger partial charge in [-0.15, -0.1) is 5.10 Å². The van der Waals surface area contributed by atoms with Gasteiger partial charge in [-0.25, -0.2) is 4.68 Å². The van der Waals surface area contributed by atoms with Gasteiger partial charge in [0.2, 0.25) is 18.6 Å². The van der Waals surface area contributed by atoms with Crippen molar-refractivity contribution in [2.45, 2.75) is 38.5 Å². The third kappa shape index (κ3) is 5.61. The van der Waals surface area contributed by atoms with Crippen molar-refractivity contribution in [2.24, 2.45) is 0 Å². The Balaban J connectivity index is 1.50. The van der Waals surface area contributed by atoms with Crippen LogP contribution in [-0.2, 0) is 20.9 Å². The summed E-state index contributed by atoms with van der Waals surface area (Å²) in [6.07, 6.45) is 1.50. The van der Waals surface area contributed by atoms with Crippen LogP contribution in [0.1, 0.15) is 41.7 Å². The number of anilines is 1. The average molecular weight is 602 g/mol. The molecule has 3 aromatic carbocycles. The highest BCUT2D eigenvalue weighted by Gasteiger charge is 2.37. The molecule has 2 aliphatic rings. The predicted octanol–water partition coefficient (Wildman–Crippen LogP) is 3.15. The number of methoxy groups -OCH3 is 1. The number of nitrogens with one attached hydrogen (secondary N) is 1. The fraction of sp³-hybridized carbons (Fsp3) is 0.323. The number of aromatic hydroxyl groups is 1. The van der Waals surface area contributed by atoms with Gasteiger partial charge in [0.15, 0.2) is 28.8 Å². The van der Waals surface area contributed by atoms with Crippen molar-refractivity contribution < 1.29 is 38.4 Å². The van der Waals surface area contributed by atoms with Gasteiger partial charge < -0.3 is 29.4 Å². The first-order chi connectivity index (χ1) is 21.3. The molecule has 1 saturated heterocycles. The normalized spacial score (nSPS) is 16.1. The van der Waals surface area contributed by atoms with Crippen LogP contribution >= 0.6 is 0 Å². The maximum absolute atomic E-state index is 14.5. The lowest BCUT2D eigenvalue weighted by Gasteiger charge is -2.33. The van der Waals surface area contributed by atoms with Gasteiger partial charge in [0.25, 0.3) is 0 Å². The van der Waals surface area contributed by atoms with Crippen molar-refractivity contribution >= 4 is 34.3 Å². The summed E-state index contributed by atoms with van der Waals surface area (Å²) in [5.41, 5.74) is 1.82. The number of aromatic nitrogens is 3. The highest BCUT2D eigenvalue weighted by molar-refractivity contribution is 6.08. The molecule has 13 nitrogen and oxygen atoms in total. The fourth-order valence-corrected chi connectivity index (χ4v) is 5.47. The van der Waals surface area contributed by atoms with Crippen LogP contribution in [0.15, 0.2) is 54.6 Å². The minimum absolute atomic E-state index is 0.0600. The second-order valence-electron chi connectivity index (χ2n) is 10.5. The molecular weight excluding hydrogens is 570 g/mol. The molecule has 2 atom stereocenters. The Labute approximate surface area is 252 Å². The van der Waals surface area contributed by atoms with E-state index in [0.717, 1.165) is 12.8 Å². The second-order valence-corrected chi connectivity index (χ2v) is 10.5. The van der Waals surface area contributed by atoms with Gasteiger partial charge in [0.1, 0.15) is 18.1 Å². The lowest BCUT2D eigenvalue weighted by molar-refractivity contribution is -0.127. The Morgan fingerprint density at radius 2 is 1.93 bits per heavy atom. The molecule has 1 fully saturated rings. The molecule has 13 heteroatoms. The van der Waals surface area contributed by atoms with Crippen LogP contribution < -0.4 is 24.4 Å². The van der Waals surface area contributed by atoms with Crippen molar-refractivity contribution in [3.05, 3.63) is 65.7 Å². The van der Waals surface area contributed by atoms with Crippen molar-refractivity contribution in [3.8, 4) is 23.0 Å². The first-order valence-corrected chi connectivity index (χ1v) is 14.1. The van der Waals surface area contributed by atoms with Gasteiger partial charge in [-0.2, -0.15) is 0 Å². The number of carbonyl (C=O) groups is 3. The lowest BCUT2D eigenvalue weighted by Crippen LogP contribution is -2.47. The maximum atomic E-state index is 14.5. The number of benzene rings is 3. The summed E-state index contributed by atoms with van der Waals surface area (Å²) in [7, 11) is 1.38. The number of hydrogen-bond donors (Lipinski definition) is 2. The summed E-state index contributed by atoms with van der Waals surface area (Å²) in [5.74, 6) is -0.830. The standard InChI is InChI=1S/C31H31N5O8/c1-18(37)21-13-27-28(44-17-43-27)14-24(21)36(29(39)16-35-23-8-4-3-7-22(23)33-34-35)30(19-9-10-25(38)26(12-19)41-2)31(40)32-15-20-6-5-11-42-20/h3-4,7-10,12-14,20,30,38H,5-6,11,15-17H2,1-2H3,(H,32,40)/t20-,30-/m0/s1. The monoisotopic (exact) mass is 601 g/mol. The lowest BCUT2D eigenvalue weighted by atomic mass is 9.99. The number of ketones is 1. The fourth-order valence-electron chi connectivity index (χ4n) is 5.47. The van der Waals surface area contributed by atoms with E-state index in [0.29, 0.717) is 34.7 Å². The molecule has 0 radical (unpaired) electrons. The summed E-state index contributed by atoms with van der Waals surface area (Å²) >= 11 is 0. The molecule has 2 N–H and O–H groups in total. The van der Waals surface area contributed by atoms with Crippen molar-refractivity contribution in [3.63, 3.8) is 0 Å². The number of para-hydroxylation sites is 1. The topological polar surface area (TPSA) is 154 Å². The smallest absolute Gasteiger partial charge is 0.249 e. The molecule has 1 aromatic heterocycles. The number of phenolic OH excluding ortho intramolecular Hbond substituents is 1. The first kappa shape index (κ1) is 28.9. The van der Waals surface area contributed by atoms with Crippen LogP contribution in [-0.4, -0.2) is 70.9 Å². The van der Waals surface area contributed by atoms with Crippen LogP contribution in [0.3, 0.4) is 0 Å². The van der Waals surface area contributed by atoms with Crippen LogP contribution in [0.25, 0.3) is 11.0 Å². The van der Waals surface area contributed by atoms with Crippen LogP contribution in [0.5, 0.6) is 23.0 Å². The number of nitrogens with zero attached hydrogens (tertiary/aromatic N) is 4. The number of fused-ring (bicyclic) bond motifs is 2. The zero-order valence-corrected chi connectivity index (χ0v) is 24.2. The Bertz CT molecular complexity index is 1730. The number of Topliss-reactive ketones (excluding diaryl/α,β-unsaturated/α-hetero) is 1. The Hall–Kier alpha value is -5.17. The molecule has 3 heterocycles. The van der Waals surface area contributed by atoms with E-state index in [1.54, 1.807) is 18.2 Å². The SMILES string of the molecule is COc1cc([C@@H](C(=O)NC[C@@H]2CCCO2)N(C(=O)Cn2nnc3ccccc32)c2cc3c(cc2C(C)=O)OCO3)ccc1O. The van der Waals surface area contributed by atoms with Crippen LogP contribution in [0.2, 0.25) is 0 Å². The van der Waals surface area contributed by atoms with Gasteiger partial charge >= 0.3 is 0 Å². The molecule has 0 unspecified atom stereocenters. The van der Waals surface area contributed by atoms with Gasteiger partial charge in [-0.1, -0.05) is 23.4 Å². The highest BCUT2D eigenvalue weighted by atomic mass is 16.7. The van der Waals surface area contributed by atoms with E-state index >= 15 is 0 Å². The number of carbonyl (C=O) groups excluding carboxylic acids is 3. The number of amides is 2. The second kappa shape index (κ2) is 12.2. The molecule has 6 rings (SSSR count). The Kier molecular flexibility index (Phi) is 8.03. The number of hydrogen-bond acceptors (Lipinski definition) is 10. The summed E-state index contributed by atoms with van der Waals surface area (Å²) in [6, 6.07) is 13.3. The summed E-state index contributed by atoms with van der Waals surface area (Å²) in [6.45, 7) is 1.83. The van der Waals surface area contributed by atoms with Crippen molar-refractivity contribution in [1.29, 1.82) is 0 Å². The minimum Gasteiger partial charge on any atom is -0.504 e. The number of ether oxygens (including phenoxy) is 4. The van der Waals surface area contributed by atoms with E-state index in [1.807, 2.05) is 6.07 Å². The Morgan fingerprint density at radius 1 is 1.14 bits per heavy atom. The van der Waals surface area contributed by atoms with E-state index in [1.165, 1.54) is 53.9 Å². The zero-order chi connectivity index (χ0) is 30.8. The van der Waals surface area contributed by atoms with Gasteiger partial charge in [-0.3, -0.25) is 19.3 Å². The van der Waals surface area contributed by atoms with Crippen LogP contribution in [0.4, 0.5) is 5.69 Å². The molecule has 44 heavy (non-hydrogen) atoms. The summed E-state index contributed by atoms with van der Waals surface area (Å²) in [5, 5.41) is 21.6. The molecule has 2 amide bonds. The van der Waals surface area contributed by atoms with Crippen molar-refractivity contribution in [2.75, 3.05) is 32.0 Å². The summed E-state index contributed by atoms with van der Waals surface area (Å²) < 4.78 is 23.6. The van der Waals surface area contributed by atoms with E-state index in [-0.39, 0.29) is 54.5 Å². The van der Waals surface area contributed by atoms with Gasteiger partial charge in [0.05, 0.1) is 24.4 Å². The molecule has 0 saturated carbocycles. The highest BCUT2D eigenvalue weighted by Crippen LogP contribution is 2.42. The van der Waals surface area contributed by atoms with Gasteiger partial charge in [0, 0.05) is 24.8 Å². The van der Waals surface area contributed by atoms with Crippen LogP contribution in [0, 0.1) is 0 Å². The summed E-state index contributed by atoms with van der Waals surface area (Å²) in [4.78, 5) is 43.0. The van der Waals surface area contributed by atoms with Gasteiger partial charge in [-0.05, 0) is 55.7 Å². The third-order valence-electron chi connectivity index (χ3n) is 7.66. The van der Waals surface area contributed by atoms with E-state index < -0.39 is 17.9 Å². The molecule has 228 valence electrons. The molecule has 0 spiro atoms. The number of rotatable bonds is 10. The molecule has 2 aliphatic heterocycles. The quantitative estimate of drug-likeness (QED) is 0.259. The number of phenols is 1. The predicted molar refractivity (Wildman–Crippen MR) is 157 cm³/mol. The van der Waals surface area contributed by atoms with E-state index in [2.05, 4.69) is 15.6 Å². The minimum atomic E-state index is -1.31. The molecule has 4 aromatic rings. The molecule has 0 aliphatic carbocycles. The van der Waals surface area contributed by atoms with Crippen molar-refractivity contribution in [1.82, 2.24) is 20.3 Å². The molecule has 0 bridgehead atoms.